The van der Waals surface area contributed by atoms with Gasteiger partial charge in [0.15, 0.2) is 0 Å². The Labute approximate surface area is 96.2 Å². The van der Waals surface area contributed by atoms with E-state index in [0.717, 1.165) is 18.2 Å². The molecule has 0 radical (unpaired) electrons. The fourth-order valence-electron chi connectivity index (χ4n) is 1.22. The monoisotopic (exact) mass is 263 g/mol. The first-order valence-electron chi connectivity index (χ1n) is 5.32. The molecule has 0 aliphatic carbocycles. The van der Waals surface area contributed by atoms with Crippen molar-refractivity contribution < 1.29 is 4.79 Å². The molecule has 0 saturated heterocycles. The van der Waals surface area contributed by atoms with Crippen molar-refractivity contribution in [3.05, 3.63) is 0 Å². The minimum absolute atomic E-state index is 0.271. The molecular formula is C11H22BrNO. The van der Waals surface area contributed by atoms with Gasteiger partial charge in [0.2, 0.25) is 5.91 Å². The van der Waals surface area contributed by atoms with Gasteiger partial charge in [-0.2, -0.15) is 0 Å². The molecule has 1 amide bonds. The van der Waals surface area contributed by atoms with Crippen LogP contribution in [0.2, 0.25) is 0 Å². The lowest BCUT2D eigenvalue weighted by Crippen LogP contribution is -2.38. The summed E-state index contributed by atoms with van der Waals surface area (Å²) in [6.45, 7) is 6.40. The topological polar surface area (TPSA) is 20.3 Å². The van der Waals surface area contributed by atoms with Gasteiger partial charge < -0.3 is 4.90 Å². The molecule has 0 fully saturated rings. The Morgan fingerprint density at radius 1 is 1.29 bits per heavy atom. The summed E-state index contributed by atoms with van der Waals surface area (Å²) in [5, 5.41) is 0.990. The number of nitrogens with zero attached hydrogens (tertiary/aromatic N) is 1. The number of halogens is 1. The van der Waals surface area contributed by atoms with Crippen LogP contribution < -0.4 is 0 Å². The fraction of sp³-hybridized carbons (Fsp3) is 0.909. The van der Waals surface area contributed by atoms with E-state index in [1.165, 1.54) is 0 Å². The molecule has 0 aliphatic heterocycles. The number of hydrogen-bond donors (Lipinski definition) is 0. The Kier molecular flexibility index (Phi) is 7.24. The van der Waals surface area contributed by atoms with Crippen LogP contribution in [-0.2, 0) is 4.79 Å². The molecule has 0 aromatic carbocycles. The maximum Gasteiger partial charge on any atom is 0.222 e. The van der Waals surface area contributed by atoms with Crippen LogP contribution >= 0.6 is 15.9 Å². The van der Waals surface area contributed by atoms with E-state index in [1.807, 2.05) is 11.9 Å². The molecule has 14 heavy (non-hydrogen) atoms. The van der Waals surface area contributed by atoms with Crippen LogP contribution in [0.3, 0.4) is 0 Å². The molecule has 0 N–H and O–H groups in total. The molecule has 84 valence electrons. The second-order valence-electron chi connectivity index (χ2n) is 4.14. The summed E-state index contributed by atoms with van der Waals surface area (Å²) < 4.78 is 0. The van der Waals surface area contributed by atoms with E-state index in [1.54, 1.807) is 0 Å². The molecule has 2 nitrogen and oxygen atoms in total. The van der Waals surface area contributed by atoms with Crippen molar-refractivity contribution in [3.8, 4) is 0 Å². The summed E-state index contributed by atoms with van der Waals surface area (Å²) in [7, 11) is 1.90. The molecule has 0 aliphatic rings. The maximum absolute atomic E-state index is 11.7. The Balaban J connectivity index is 3.86. The van der Waals surface area contributed by atoms with E-state index in [2.05, 4.69) is 36.7 Å². The van der Waals surface area contributed by atoms with Gasteiger partial charge in [-0.25, -0.2) is 0 Å². The molecule has 3 heteroatoms. The number of amides is 1. The van der Waals surface area contributed by atoms with Crippen molar-refractivity contribution in [2.24, 2.45) is 5.92 Å². The van der Waals surface area contributed by atoms with E-state index in [0.29, 0.717) is 18.4 Å². The normalized spacial score (nSPS) is 13.0. The second kappa shape index (κ2) is 7.27. The van der Waals surface area contributed by atoms with Crippen LogP contribution in [0.1, 0.15) is 40.0 Å². The average molecular weight is 264 g/mol. The highest BCUT2D eigenvalue weighted by Gasteiger charge is 2.17. The molecule has 1 atom stereocenters. The van der Waals surface area contributed by atoms with Gasteiger partial charge in [-0.15, -0.1) is 0 Å². The molecule has 0 bridgehead atoms. The summed E-state index contributed by atoms with van der Waals surface area (Å²) >= 11 is 3.36. The zero-order valence-electron chi connectivity index (χ0n) is 9.72. The number of alkyl halides is 1. The van der Waals surface area contributed by atoms with Crippen LogP contribution in [0.15, 0.2) is 0 Å². The first kappa shape index (κ1) is 13.9. The first-order valence-corrected chi connectivity index (χ1v) is 6.44. The molecule has 0 saturated carbocycles. The van der Waals surface area contributed by atoms with Crippen molar-refractivity contribution in [1.82, 2.24) is 4.90 Å². The van der Waals surface area contributed by atoms with E-state index < -0.39 is 0 Å². The number of hydrogen-bond acceptors (Lipinski definition) is 1. The van der Waals surface area contributed by atoms with Crippen LogP contribution in [0.5, 0.6) is 0 Å². The summed E-state index contributed by atoms with van der Waals surface area (Å²) in [5.41, 5.74) is 0. The predicted molar refractivity (Wildman–Crippen MR) is 64.7 cm³/mol. The molecular weight excluding hydrogens is 242 g/mol. The number of carbonyl (C=O) groups excluding carboxylic acids is 1. The van der Waals surface area contributed by atoms with E-state index in [9.17, 15) is 4.79 Å². The van der Waals surface area contributed by atoms with Crippen molar-refractivity contribution >= 4 is 21.8 Å². The number of unbranched alkanes of at least 4 members (excludes halogenated alkanes) is 1. The Morgan fingerprint density at radius 2 is 1.86 bits per heavy atom. The molecule has 0 heterocycles. The van der Waals surface area contributed by atoms with Crippen LogP contribution in [0.4, 0.5) is 0 Å². The van der Waals surface area contributed by atoms with Gasteiger partial charge in [0, 0.05) is 24.8 Å². The van der Waals surface area contributed by atoms with Crippen LogP contribution in [0, 0.1) is 5.92 Å². The minimum Gasteiger partial charge on any atom is -0.343 e. The smallest absolute Gasteiger partial charge is 0.222 e. The highest BCUT2D eigenvalue weighted by molar-refractivity contribution is 9.09. The third kappa shape index (κ3) is 4.99. The van der Waals surface area contributed by atoms with E-state index >= 15 is 0 Å². The highest BCUT2D eigenvalue weighted by atomic mass is 79.9. The number of rotatable bonds is 6. The lowest BCUT2D eigenvalue weighted by atomic mass is 10.0. The molecule has 0 aromatic heterocycles. The summed E-state index contributed by atoms with van der Waals surface area (Å²) in [6.07, 6.45) is 2.74. The predicted octanol–water partition coefficient (Wildman–Crippen LogP) is 3.05. The van der Waals surface area contributed by atoms with Crippen LogP contribution in [-0.4, -0.2) is 29.2 Å². The first-order chi connectivity index (χ1) is 6.50. The van der Waals surface area contributed by atoms with Gasteiger partial charge in [-0.3, -0.25) is 4.79 Å². The minimum atomic E-state index is 0.271. The third-order valence-electron chi connectivity index (χ3n) is 2.74. The van der Waals surface area contributed by atoms with Gasteiger partial charge in [0.1, 0.15) is 0 Å². The quantitative estimate of drug-likeness (QED) is 0.533. The largest absolute Gasteiger partial charge is 0.343 e. The Morgan fingerprint density at radius 3 is 2.29 bits per heavy atom. The fourth-order valence-corrected chi connectivity index (χ4v) is 1.62. The molecule has 0 spiro atoms. The molecule has 0 aromatic rings. The van der Waals surface area contributed by atoms with Crippen molar-refractivity contribution in [1.29, 1.82) is 0 Å². The van der Waals surface area contributed by atoms with Gasteiger partial charge in [-0.05, 0) is 25.7 Å². The zero-order chi connectivity index (χ0) is 11.1. The lowest BCUT2D eigenvalue weighted by Gasteiger charge is -2.28. The Hall–Kier alpha value is -0.0500. The standard InChI is InChI=1S/C11H22BrNO/c1-9(2)10(3)13(4)11(14)7-5-6-8-12/h9-10H,5-8H2,1-4H3. The average Bonchev–Trinajstić information content (AvgIpc) is 2.15. The highest BCUT2D eigenvalue weighted by Crippen LogP contribution is 2.10. The maximum atomic E-state index is 11.7. The van der Waals surface area contributed by atoms with E-state index in [-0.39, 0.29) is 5.91 Å². The van der Waals surface area contributed by atoms with E-state index in [4.69, 9.17) is 0 Å². The lowest BCUT2D eigenvalue weighted by molar-refractivity contribution is -0.132. The van der Waals surface area contributed by atoms with Gasteiger partial charge in [0.05, 0.1) is 0 Å². The summed E-state index contributed by atoms with van der Waals surface area (Å²) in [4.78, 5) is 13.5. The van der Waals surface area contributed by atoms with Crippen molar-refractivity contribution in [2.75, 3.05) is 12.4 Å². The molecule has 1 unspecified atom stereocenters. The van der Waals surface area contributed by atoms with Crippen molar-refractivity contribution in [2.45, 2.75) is 46.1 Å². The van der Waals surface area contributed by atoms with Gasteiger partial charge in [0.25, 0.3) is 0 Å². The summed E-state index contributed by atoms with van der Waals surface area (Å²) in [5.74, 6) is 0.798. The SMILES string of the molecule is CC(C)C(C)N(C)C(=O)CCCCBr. The summed E-state index contributed by atoms with van der Waals surface area (Å²) in [6, 6.07) is 0.339. The second-order valence-corrected chi connectivity index (χ2v) is 4.93. The Bertz CT molecular complexity index is 171. The van der Waals surface area contributed by atoms with Gasteiger partial charge >= 0.3 is 0 Å². The number of carbonyl (C=O) groups is 1. The third-order valence-corrected chi connectivity index (χ3v) is 3.30. The van der Waals surface area contributed by atoms with Gasteiger partial charge in [-0.1, -0.05) is 29.8 Å². The zero-order valence-corrected chi connectivity index (χ0v) is 11.3. The van der Waals surface area contributed by atoms with Crippen molar-refractivity contribution in [3.63, 3.8) is 0 Å². The van der Waals surface area contributed by atoms with Crippen LogP contribution in [0.25, 0.3) is 0 Å². The molecule has 0 rings (SSSR count).